The van der Waals surface area contributed by atoms with E-state index in [-0.39, 0.29) is 47.7 Å². The highest BCUT2D eigenvalue weighted by Crippen LogP contribution is 2.37. The third kappa shape index (κ3) is 5.11. The van der Waals surface area contributed by atoms with Crippen molar-refractivity contribution in [3.05, 3.63) is 35.9 Å². The molecule has 3 heterocycles. The van der Waals surface area contributed by atoms with Crippen LogP contribution < -0.4 is 14.8 Å². The fraction of sp³-hybridized carbons (Fsp3) is 0.522. The summed E-state index contributed by atoms with van der Waals surface area (Å²) in [6.07, 6.45) is 1.74. The van der Waals surface area contributed by atoms with Crippen LogP contribution in [0.1, 0.15) is 32.3 Å². The first kappa shape index (κ1) is 23.0. The van der Waals surface area contributed by atoms with Crippen LogP contribution in [0.2, 0.25) is 0 Å². The molecule has 2 aliphatic rings. The Morgan fingerprint density at radius 3 is 2.61 bits per heavy atom. The predicted molar refractivity (Wildman–Crippen MR) is 119 cm³/mol. The van der Waals surface area contributed by atoms with E-state index in [0.717, 1.165) is 5.56 Å². The highest BCUT2D eigenvalue weighted by atomic mass is 19.1. The minimum atomic E-state index is -0.397. The van der Waals surface area contributed by atoms with E-state index in [1.807, 2.05) is 20.8 Å². The first-order chi connectivity index (χ1) is 15.9. The molecule has 178 valence electrons. The lowest BCUT2D eigenvalue weighted by molar-refractivity contribution is -0.0935. The molecular formula is C23H29FN4O5. The standard InChI is InChI=1S/C23H29FN4O5/c1-13(2)32-23(29)28-15-8-17(9-16(28)11-31-10-15)33-22-20(30-4)21(25-12-26-22)27-19-6-5-14(3)7-18(19)24/h5-7,12-13,15-17H,8-11H2,1-4H3,(H,25,26,27). The molecule has 1 amide bonds. The summed E-state index contributed by atoms with van der Waals surface area (Å²) in [6.45, 7) is 6.32. The highest BCUT2D eigenvalue weighted by molar-refractivity contribution is 5.69. The minimum absolute atomic E-state index is 0.152. The first-order valence-electron chi connectivity index (χ1n) is 11.0. The van der Waals surface area contributed by atoms with Gasteiger partial charge in [-0.1, -0.05) is 6.07 Å². The van der Waals surface area contributed by atoms with Gasteiger partial charge in [0.25, 0.3) is 5.88 Å². The summed E-state index contributed by atoms with van der Waals surface area (Å²) in [4.78, 5) is 22.8. The maximum Gasteiger partial charge on any atom is 0.410 e. The molecule has 9 nitrogen and oxygen atoms in total. The van der Waals surface area contributed by atoms with Crippen molar-refractivity contribution in [3.8, 4) is 11.6 Å². The number of anilines is 2. The van der Waals surface area contributed by atoms with Crippen LogP contribution in [-0.2, 0) is 9.47 Å². The number of halogens is 1. The van der Waals surface area contributed by atoms with Gasteiger partial charge in [-0.05, 0) is 38.5 Å². The van der Waals surface area contributed by atoms with E-state index in [1.165, 1.54) is 19.5 Å². The van der Waals surface area contributed by atoms with Crippen LogP contribution >= 0.6 is 0 Å². The second-order valence-electron chi connectivity index (χ2n) is 8.57. The summed E-state index contributed by atoms with van der Waals surface area (Å²) in [5.41, 5.74) is 1.09. The number of aromatic nitrogens is 2. The number of rotatable bonds is 6. The molecule has 10 heteroatoms. The summed E-state index contributed by atoms with van der Waals surface area (Å²) >= 11 is 0. The molecule has 2 aromatic rings. The van der Waals surface area contributed by atoms with Crippen LogP contribution in [0.25, 0.3) is 0 Å². The van der Waals surface area contributed by atoms with Gasteiger partial charge >= 0.3 is 6.09 Å². The molecule has 2 saturated heterocycles. The average molecular weight is 461 g/mol. The number of benzene rings is 1. The fourth-order valence-electron chi connectivity index (χ4n) is 4.24. The SMILES string of the molecule is COc1c(Nc2ccc(C)cc2F)ncnc1OC1CC2COCC(C1)N2C(=O)OC(C)C. The summed E-state index contributed by atoms with van der Waals surface area (Å²) in [7, 11) is 1.48. The number of methoxy groups -OCH3 is 1. The monoisotopic (exact) mass is 460 g/mol. The summed E-state index contributed by atoms with van der Waals surface area (Å²) in [6, 6.07) is 4.57. The quantitative estimate of drug-likeness (QED) is 0.695. The van der Waals surface area contributed by atoms with Crippen molar-refractivity contribution in [1.82, 2.24) is 14.9 Å². The number of hydrogen-bond acceptors (Lipinski definition) is 8. The number of carbonyl (C=O) groups is 1. The second-order valence-corrected chi connectivity index (χ2v) is 8.57. The number of nitrogens with zero attached hydrogens (tertiary/aromatic N) is 3. The van der Waals surface area contributed by atoms with Crippen molar-refractivity contribution < 1.29 is 28.1 Å². The zero-order valence-electron chi connectivity index (χ0n) is 19.2. The van der Waals surface area contributed by atoms with Gasteiger partial charge in [-0.15, -0.1) is 0 Å². The molecule has 33 heavy (non-hydrogen) atoms. The normalized spacial score (nSPS) is 22.1. The predicted octanol–water partition coefficient (Wildman–Crippen LogP) is 3.83. The Morgan fingerprint density at radius 1 is 1.24 bits per heavy atom. The third-order valence-electron chi connectivity index (χ3n) is 5.66. The number of nitrogens with one attached hydrogen (secondary N) is 1. The van der Waals surface area contributed by atoms with Gasteiger partial charge in [-0.25, -0.2) is 14.2 Å². The molecule has 2 fully saturated rings. The van der Waals surface area contributed by atoms with Crippen LogP contribution in [0.4, 0.5) is 20.7 Å². The Labute approximate surface area is 192 Å². The number of ether oxygens (including phenoxy) is 4. The number of fused-ring (bicyclic) bond motifs is 2. The molecular weight excluding hydrogens is 431 g/mol. The largest absolute Gasteiger partial charge is 0.489 e. The van der Waals surface area contributed by atoms with Crippen molar-refractivity contribution in [2.75, 3.05) is 25.6 Å². The lowest BCUT2D eigenvalue weighted by Crippen LogP contribution is -2.61. The van der Waals surface area contributed by atoms with E-state index in [1.54, 1.807) is 17.0 Å². The van der Waals surface area contributed by atoms with E-state index < -0.39 is 5.82 Å². The van der Waals surface area contributed by atoms with Crippen molar-refractivity contribution >= 4 is 17.6 Å². The van der Waals surface area contributed by atoms with Crippen LogP contribution in [0.5, 0.6) is 11.6 Å². The smallest absolute Gasteiger partial charge is 0.410 e. The first-order valence-corrected chi connectivity index (χ1v) is 11.0. The van der Waals surface area contributed by atoms with Crippen molar-refractivity contribution in [1.29, 1.82) is 0 Å². The van der Waals surface area contributed by atoms with E-state index in [2.05, 4.69) is 15.3 Å². The third-order valence-corrected chi connectivity index (χ3v) is 5.66. The lowest BCUT2D eigenvalue weighted by Gasteiger charge is -2.47. The molecule has 0 aliphatic carbocycles. The minimum Gasteiger partial charge on any atom is -0.489 e. The number of hydrogen-bond donors (Lipinski definition) is 1. The maximum atomic E-state index is 14.3. The van der Waals surface area contributed by atoms with E-state index in [4.69, 9.17) is 18.9 Å². The Kier molecular flexibility index (Phi) is 6.83. The van der Waals surface area contributed by atoms with Gasteiger partial charge in [0.1, 0.15) is 18.2 Å². The molecule has 4 rings (SSSR count). The molecule has 2 atom stereocenters. The number of piperidine rings is 1. The zero-order valence-corrected chi connectivity index (χ0v) is 19.2. The van der Waals surface area contributed by atoms with Crippen molar-refractivity contribution in [2.45, 2.75) is 57.9 Å². The van der Waals surface area contributed by atoms with Crippen molar-refractivity contribution in [2.24, 2.45) is 0 Å². The van der Waals surface area contributed by atoms with Gasteiger partial charge in [-0.2, -0.15) is 4.98 Å². The van der Waals surface area contributed by atoms with E-state index >= 15 is 0 Å². The van der Waals surface area contributed by atoms with Gasteiger partial charge in [0.2, 0.25) is 5.75 Å². The van der Waals surface area contributed by atoms with Crippen LogP contribution in [-0.4, -0.2) is 65.6 Å². The number of morpholine rings is 1. The number of amides is 1. The second kappa shape index (κ2) is 9.78. The van der Waals surface area contributed by atoms with Gasteiger partial charge in [0.15, 0.2) is 5.82 Å². The molecule has 1 N–H and O–H groups in total. The Bertz CT molecular complexity index is 991. The van der Waals surface area contributed by atoms with Gasteiger partial charge in [0, 0.05) is 12.8 Å². The van der Waals surface area contributed by atoms with Gasteiger partial charge in [-0.3, -0.25) is 4.90 Å². The Hall–Kier alpha value is -3.14. The summed E-state index contributed by atoms with van der Waals surface area (Å²) < 4.78 is 37.1. The molecule has 2 bridgehead atoms. The van der Waals surface area contributed by atoms with Gasteiger partial charge in [0.05, 0.1) is 44.2 Å². The number of carbonyl (C=O) groups excluding carboxylic acids is 1. The molecule has 0 saturated carbocycles. The molecule has 0 radical (unpaired) electrons. The average Bonchev–Trinajstić information content (AvgIpc) is 2.75. The molecule has 2 unspecified atom stereocenters. The fourth-order valence-corrected chi connectivity index (χ4v) is 4.24. The highest BCUT2D eigenvalue weighted by Gasteiger charge is 2.44. The molecule has 1 aromatic heterocycles. The Balaban J connectivity index is 1.50. The van der Waals surface area contributed by atoms with E-state index in [9.17, 15) is 9.18 Å². The van der Waals surface area contributed by atoms with Crippen LogP contribution in [0.15, 0.2) is 24.5 Å². The van der Waals surface area contributed by atoms with E-state index in [0.29, 0.717) is 31.9 Å². The molecule has 0 spiro atoms. The zero-order chi connectivity index (χ0) is 23.5. The summed E-state index contributed by atoms with van der Waals surface area (Å²) in [5, 5.41) is 2.96. The lowest BCUT2D eigenvalue weighted by atomic mass is 9.92. The molecule has 1 aromatic carbocycles. The van der Waals surface area contributed by atoms with Crippen LogP contribution in [0.3, 0.4) is 0 Å². The summed E-state index contributed by atoms with van der Waals surface area (Å²) in [5.74, 6) is 0.434. The van der Waals surface area contributed by atoms with Gasteiger partial charge < -0.3 is 24.3 Å². The Morgan fingerprint density at radius 2 is 1.97 bits per heavy atom. The maximum absolute atomic E-state index is 14.3. The van der Waals surface area contributed by atoms with Crippen molar-refractivity contribution in [3.63, 3.8) is 0 Å². The number of aryl methyl sites for hydroxylation is 1. The van der Waals surface area contributed by atoms with Crippen LogP contribution in [0, 0.1) is 12.7 Å². The topological polar surface area (TPSA) is 95.0 Å². The molecule has 2 aliphatic heterocycles.